The van der Waals surface area contributed by atoms with Crippen LogP contribution in [0.2, 0.25) is 0 Å². The molecule has 2 rings (SSSR count). The van der Waals surface area contributed by atoms with Crippen LogP contribution in [0.1, 0.15) is 100 Å². The smallest absolute Gasteiger partial charge is 0.0202 e. The molecule has 0 bridgehead atoms. The molecule has 0 aromatic rings. The first-order valence-electron chi connectivity index (χ1n) is 10.1. The summed E-state index contributed by atoms with van der Waals surface area (Å²) >= 11 is 0. The van der Waals surface area contributed by atoms with E-state index in [-0.39, 0.29) is 0 Å². The molecule has 2 fully saturated rings. The van der Waals surface area contributed by atoms with Gasteiger partial charge in [-0.3, -0.25) is 0 Å². The summed E-state index contributed by atoms with van der Waals surface area (Å²) in [5.41, 5.74) is 1.84. The van der Waals surface area contributed by atoms with Crippen molar-refractivity contribution in [3.05, 3.63) is 0 Å². The van der Waals surface area contributed by atoms with Gasteiger partial charge in [0, 0.05) is 0 Å². The molecular weight excluding hydrogens is 264 g/mol. The molecule has 0 N–H and O–H groups in total. The predicted molar refractivity (Wildman–Crippen MR) is 99.0 cm³/mol. The van der Waals surface area contributed by atoms with E-state index in [1.54, 1.807) is 0 Å². The molecule has 2 aliphatic rings. The molecule has 0 saturated heterocycles. The van der Waals surface area contributed by atoms with Gasteiger partial charge in [-0.15, -0.1) is 0 Å². The van der Waals surface area contributed by atoms with Crippen LogP contribution in [-0.2, 0) is 0 Å². The molecule has 0 amide bonds. The lowest BCUT2D eigenvalue weighted by Crippen LogP contribution is -2.69. The minimum atomic E-state index is 0.544. The van der Waals surface area contributed by atoms with Gasteiger partial charge in [0.15, 0.2) is 0 Å². The molecule has 0 nitrogen and oxygen atoms in total. The van der Waals surface area contributed by atoms with Gasteiger partial charge in [0.05, 0.1) is 0 Å². The lowest BCUT2D eigenvalue weighted by molar-refractivity contribution is -0.281. The summed E-state index contributed by atoms with van der Waals surface area (Å²) in [7, 11) is 0. The summed E-state index contributed by atoms with van der Waals surface area (Å²) in [6.45, 7) is 19.9. The zero-order chi connectivity index (χ0) is 16.8. The van der Waals surface area contributed by atoms with Crippen molar-refractivity contribution < 1.29 is 0 Å². The van der Waals surface area contributed by atoms with Crippen LogP contribution in [0.25, 0.3) is 0 Å². The van der Waals surface area contributed by atoms with Gasteiger partial charge in [-0.25, -0.2) is 0 Å². The predicted octanol–water partition coefficient (Wildman–Crippen LogP) is 7.33. The minimum Gasteiger partial charge on any atom is -0.0654 e. The van der Waals surface area contributed by atoms with E-state index in [0.29, 0.717) is 16.2 Å². The molecule has 0 spiro atoms. The van der Waals surface area contributed by atoms with Gasteiger partial charge in [-0.2, -0.15) is 0 Å². The second-order valence-corrected chi connectivity index (χ2v) is 10.6. The summed E-state index contributed by atoms with van der Waals surface area (Å²) in [5.74, 6) is 3.77. The van der Waals surface area contributed by atoms with E-state index in [2.05, 4.69) is 55.4 Å². The Labute approximate surface area is 140 Å². The molecule has 22 heavy (non-hydrogen) atoms. The zero-order valence-corrected chi connectivity index (χ0v) is 16.8. The number of hydrogen-bond donors (Lipinski definition) is 0. The lowest BCUT2D eigenvalue weighted by Gasteiger charge is -2.77. The summed E-state index contributed by atoms with van der Waals surface area (Å²) < 4.78 is 0. The van der Waals surface area contributed by atoms with E-state index in [9.17, 15) is 0 Å². The van der Waals surface area contributed by atoms with Crippen LogP contribution in [-0.4, -0.2) is 0 Å². The maximum absolute atomic E-state index is 2.59. The van der Waals surface area contributed by atoms with Crippen LogP contribution in [0.5, 0.6) is 0 Å². The third-order valence-corrected chi connectivity index (χ3v) is 7.66. The SMILES string of the molecule is CCCC(C)CC(C)CCC(C)(C)C12CC(C)C1C(C)(C)C2. The zero-order valence-electron chi connectivity index (χ0n) is 16.8. The molecule has 2 aliphatic carbocycles. The van der Waals surface area contributed by atoms with E-state index in [0.717, 1.165) is 23.7 Å². The molecule has 2 saturated carbocycles. The van der Waals surface area contributed by atoms with Gasteiger partial charge in [-0.05, 0) is 65.6 Å². The number of hydrogen-bond acceptors (Lipinski definition) is 0. The van der Waals surface area contributed by atoms with Gasteiger partial charge < -0.3 is 0 Å². The number of rotatable bonds is 8. The topological polar surface area (TPSA) is 0 Å². The molecule has 5 atom stereocenters. The number of fused-ring (bicyclic) bond motifs is 1. The molecule has 0 radical (unpaired) electrons. The van der Waals surface area contributed by atoms with E-state index < -0.39 is 0 Å². The van der Waals surface area contributed by atoms with Crippen LogP contribution in [0.15, 0.2) is 0 Å². The Morgan fingerprint density at radius 1 is 1.09 bits per heavy atom. The Hall–Kier alpha value is 0. The highest BCUT2D eigenvalue weighted by Crippen LogP contribution is 2.78. The van der Waals surface area contributed by atoms with Crippen LogP contribution in [0, 0.1) is 39.9 Å². The van der Waals surface area contributed by atoms with Crippen LogP contribution < -0.4 is 0 Å². The largest absolute Gasteiger partial charge is 0.0654 e. The van der Waals surface area contributed by atoms with Gasteiger partial charge >= 0.3 is 0 Å². The van der Waals surface area contributed by atoms with Crippen molar-refractivity contribution >= 4 is 0 Å². The quantitative estimate of drug-likeness (QED) is 0.440. The maximum atomic E-state index is 2.59. The lowest BCUT2D eigenvalue weighted by atomic mass is 9.28. The molecule has 0 aliphatic heterocycles. The van der Waals surface area contributed by atoms with E-state index >= 15 is 0 Å². The van der Waals surface area contributed by atoms with Crippen LogP contribution in [0.4, 0.5) is 0 Å². The van der Waals surface area contributed by atoms with E-state index in [4.69, 9.17) is 0 Å². The first-order valence-corrected chi connectivity index (χ1v) is 10.1. The van der Waals surface area contributed by atoms with E-state index in [1.165, 1.54) is 44.9 Å². The Morgan fingerprint density at radius 3 is 2.18 bits per heavy atom. The molecule has 0 heterocycles. The highest BCUT2D eigenvalue weighted by Gasteiger charge is 2.71. The minimum absolute atomic E-state index is 0.544. The highest BCUT2D eigenvalue weighted by atomic mass is 14.8. The maximum Gasteiger partial charge on any atom is -0.0202 e. The van der Waals surface area contributed by atoms with Crippen LogP contribution in [0.3, 0.4) is 0 Å². The fourth-order valence-electron chi connectivity index (χ4n) is 6.90. The van der Waals surface area contributed by atoms with Gasteiger partial charge in [0.2, 0.25) is 0 Å². The van der Waals surface area contributed by atoms with Gasteiger partial charge in [-0.1, -0.05) is 74.7 Å². The first kappa shape index (κ1) is 18.3. The van der Waals surface area contributed by atoms with E-state index in [1.807, 2.05) is 0 Å². The summed E-state index contributed by atoms with van der Waals surface area (Å²) in [4.78, 5) is 0. The molecule has 0 heteroatoms. The second-order valence-electron chi connectivity index (χ2n) is 10.6. The Kier molecular flexibility index (Phi) is 5.12. The average molecular weight is 307 g/mol. The van der Waals surface area contributed by atoms with Crippen molar-refractivity contribution in [1.29, 1.82) is 0 Å². The summed E-state index contributed by atoms with van der Waals surface area (Å²) in [5, 5.41) is 0. The van der Waals surface area contributed by atoms with Crippen molar-refractivity contribution in [2.24, 2.45) is 39.9 Å². The van der Waals surface area contributed by atoms with Gasteiger partial charge in [0.1, 0.15) is 0 Å². The van der Waals surface area contributed by atoms with Crippen molar-refractivity contribution in [3.63, 3.8) is 0 Å². The fraction of sp³-hybridized carbons (Fsp3) is 1.00. The molecule has 0 aromatic carbocycles. The molecular formula is C22H42. The second kappa shape index (κ2) is 6.14. The standard InChI is InChI=1S/C22H42/c1-9-10-16(2)13-17(3)11-12-21(7,8)22-14-18(4)19(22)20(5,6)15-22/h16-19H,9-15H2,1-8H3. The van der Waals surface area contributed by atoms with Gasteiger partial charge in [0.25, 0.3) is 0 Å². The van der Waals surface area contributed by atoms with Crippen molar-refractivity contribution in [2.75, 3.05) is 0 Å². The third-order valence-electron chi connectivity index (χ3n) is 7.66. The highest BCUT2D eigenvalue weighted by molar-refractivity contribution is 5.19. The fourth-order valence-corrected chi connectivity index (χ4v) is 6.90. The Bertz CT molecular complexity index is 377. The normalized spacial score (nSPS) is 36.0. The summed E-state index contributed by atoms with van der Waals surface area (Å²) in [6, 6.07) is 0. The Morgan fingerprint density at radius 2 is 1.68 bits per heavy atom. The van der Waals surface area contributed by atoms with Crippen molar-refractivity contribution in [1.82, 2.24) is 0 Å². The van der Waals surface area contributed by atoms with Crippen LogP contribution >= 0.6 is 0 Å². The molecule has 0 aromatic heterocycles. The van der Waals surface area contributed by atoms with Crippen molar-refractivity contribution in [2.45, 2.75) is 100 Å². The summed E-state index contributed by atoms with van der Waals surface area (Å²) in [6.07, 6.45) is 10.0. The monoisotopic (exact) mass is 306 g/mol. The average Bonchev–Trinajstić information content (AvgIpc) is 2.33. The van der Waals surface area contributed by atoms with Crippen molar-refractivity contribution in [3.8, 4) is 0 Å². The Balaban J connectivity index is 1.87. The third kappa shape index (κ3) is 3.01. The first-order chi connectivity index (χ1) is 10.1. The molecule has 5 unspecified atom stereocenters. The molecule has 130 valence electrons.